The smallest absolute Gasteiger partial charge is 0.321 e. The molecule has 2 aromatic rings. The van der Waals surface area contributed by atoms with E-state index in [2.05, 4.69) is 15.3 Å². The van der Waals surface area contributed by atoms with Crippen LogP contribution in [-0.4, -0.2) is 33.6 Å². The number of aromatic nitrogens is 2. The van der Waals surface area contributed by atoms with Crippen molar-refractivity contribution in [2.24, 2.45) is 0 Å². The summed E-state index contributed by atoms with van der Waals surface area (Å²) in [5.74, 6) is -0.845. The molecule has 100 valence electrons. The van der Waals surface area contributed by atoms with Gasteiger partial charge in [-0.25, -0.2) is 4.98 Å². The van der Waals surface area contributed by atoms with E-state index < -0.39 is 12.0 Å². The molecule has 0 bridgehead atoms. The van der Waals surface area contributed by atoms with Crippen LogP contribution in [0.1, 0.15) is 11.3 Å². The number of hydrogen-bond donors (Lipinski definition) is 3. The fourth-order valence-electron chi connectivity index (χ4n) is 1.90. The number of nitrogens with one attached hydrogen (secondary N) is 2. The van der Waals surface area contributed by atoms with E-state index in [4.69, 9.17) is 0 Å². The van der Waals surface area contributed by atoms with Gasteiger partial charge in [-0.2, -0.15) is 0 Å². The second-order valence-corrected chi connectivity index (χ2v) is 4.36. The summed E-state index contributed by atoms with van der Waals surface area (Å²) in [7, 11) is 0. The summed E-state index contributed by atoms with van der Waals surface area (Å²) in [6.07, 6.45) is 4.42. The van der Waals surface area contributed by atoms with Crippen LogP contribution in [0.2, 0.25) is 0 Å². The van der Waals surface area contributed by atoms with E-state index in [0.29, 0.717) is 13.0 Å². The van der Waals surface area contributed by atoms with Crippen molar-refractivity contribution in [3.8, 4) is 0 Å². The quantitative estimate of drug-likeness (QED) is 0.699. The minimum Gasteiger partial charge on any atom is -0.480 e. The lowest BCUT2D eigenvalue weighted by atomic mass is 10.1. The highest BCUT2D eigenvalue weighted by Gasteiger charge is 2.17. The topological polar surface area (TPSA) is 78.0 Å². The molecule has 1 atom stereocenters. The number of carboxylic acid groups (broad SMARTS) is 1. The lowest BCUT2D eigenvalue weighted by Crippen LogP contribution is -2.39. The molecule has 0 fully saturated rings. The van der Waals surface area contributed by atoms with Gasteiger partial charge in [-0.15, -0.1) is 0 Å². The largest absolute Gasteiger partial charge is 0.480 e. The maximum absolute atomic E-state index is 11.2. The van der Waals surface area contributed by atoms with Gasteiger partial charge in [0.25, 0.3) is 0 Å². The first-order valence-electron chi connectivity index (χ1n) is 6.23. The minimum absolute atomic E-state index is 0.407. The number of rotatable bonds is 7. The molecule has 0 saturated carbocycles. The third-order valence-electron chi connectivity index (χ3n) is 2.92. The number of carbonyl (C=O) groups is 1. The monoisotopic (exact) mass is 259 g/mol. The molecule has 0 aliphatic carbocycles. The Morgan fingerprint density at radius 2 is 2.16 bits per heavy atom. The molecule has 1 unspecified atom stereocenters. The Labute approximate surface area is 111 Å². The predicted molar refractivity (Wildman–Crippen MR) is 71.9 cm³/mol. The number of imidazole rings is 1. The second kappa shape index (κ2) is 6.70. The Kier molecular flexibility index (Phi) is 4.69. The van der Waals surface area contributed by atoms with Crippen molar-refractivity contribution >= 4 is 5.97 Å². The summed E-state index contributed by atoms with van der Waals surface area (Å²) in [6, 6.07) is 9.40. The van der Waals surface area contributed by atoms with Gasteiger partial charge < -0.3 is 15.4 Å². The molecular weight excluding hydrogens is 242 g/mol. The Morgan fingerprint density at radius 3 is 2.79 bits per heavy atom. The highest BCUT2D eigenvalue weighted by atomic mass is 16.4. The van der Waals surface area contributed by atoms with E-state index >= 15 is 0 Å². The van der Waals surface area contributed by atoms with Crippen molar-refractivity contribution in [2.75, 3.05) is 6.54 Å². The van der Waals surface area contributed by atoms with Crippen molar-refractivity contribution in [2.45, 2.75) is 18.9 Å². The third kappa shape index (κ3) is 4.22. The van der Waals surface area contributed by atoms with Crippen LogP contribution in [0.3, 0.4) is 0 Å². The highest BCUT2D eigenvalue weighted by Crippen LogP contribution is 2.01. The fraction of sp³-hybridized carbons (Fsp3) is 0.286. The molecule has 1 aromatic carbocycles. The molecule has 1 heterocycles. The summed E-state index contributed by atoms with van der Waals surface area (Å²) in [4.78, 5) is 18.0. The molecule has 0 aliphatic heterocycles. The molecule has 0 radical (unpaired) electrons. The molecular formula is C14H17N3O2. The third-order valence-corrected chi connectivity index (χ3v) is 2.92. The summed E-state index contributed by atoms with van der Waals surface area (Å²) in [5.41, 5.74) is 2.01. The zero-order chi connectivity index (χ0) is 13.5. The number of H-pyrrole nitrogens is 1. The molecule has 1 aromatic heterocycles. The van der Waals surface area contributed by atoms with E-state index in [1.807, 2.05) is 30.3 Å². The van der Waals surface area contributed by atoms with Crippen molar-refractivity contribution in [3.05, 3.63) is 54.1 Å². The van der Waals surface area contributed by atoms with Crippen LogP contribution in [0.15, 0.2) is 42.9 Å². The molecule has 5 nitrogen and oxygen atoms in total. The Balaban J connectivity index is 1.82. The number of aromatic amines is 1. The van der Waals surface area contributed by atoms with Gasteiger partial charge in [-0.05, 0) is 18.5 Å². The number of aliphatic carboxylic acids is 1. The van der Waals surface area contributed by atoms with E-state index in [1.54, 1.807) is 12.5 Å². The van der Waals surface area contributed by atoms with Crippen molar-refractivity contribution in [3.63, 3.8) is 0 Å². The fourth-order valence-corrected chi connectivity index (χ4v) is 1.90. The van der Waals surface area contributed by atoms with Crippen LogP contribution in [0.25, 0.3) is 0 Å². The summed E-state index contributed by atoms with van der Waals surface area (Å²) >= 11 is 0. The molecule has 0 amide bonds. The number of hydrogen-bond acceptors (Lipinski definition) is 3. The van der Waals surface area contributed by atoms with Crippen LogP contribution in [0.5, 0.6) is 0 Å². The highest BCUT2D eigenvalue weighted by molar-refractivity contribution is 5.73. The first-order chi connectivity index (χ1) is 9.25. The zero-order valence-electron chi connectivity index (χ0n) is 10.5. The molecule has 2 rings (SSSR count). The number of carboxylic acids is 1. The second-order valence-electron chi connectivity index (χ2n) is 4.36. The van der Waals surface area contributed by atoms with Gasteiger partial charge in [0.1, 0.15) is 6.04 Å². The lowest BCUT2D eigenvalue weighted by Gasteiger charge is -2.13. The minimum atomic E-state index is -0.845. The molecule has 0 aliphatic rings. The summed E-state index contributed by atoms with van der Waals surface area (Å²) in [5, 5.41) is 12.2. The van der Waals surface area contributed by atoms with Gasteiger partial charge in [-0.1, -0.05) is 30.3 Å². The maximum Gasteiger partial charge on any atom is 0.321 e. The van der Waals surface area contributed by atoms with E-state index in [1.165, 1.54) is 5.56 Å². The van der Waals surface area contributed by atoms with Gasteiger partial charge in [0, 0.05) is 18.3 Å². The normalized spacial score (nSPS) is 12.2. The van der Waals surface area contributed by atoms with Gasteiger partial charge in [0.15, 0.2) is 0 Å². The Morgan fingerprint density at radius 1 is 1.37 bits per heavy atom. The summed E-state index contributed by atoms with van der Waals surface area (Å²) < 4.78 is 0. The SMILES string of the molecule is O=C(O)C(Cc1cnc[nH]1)NCCc1ccccc1. The van der Waals surface area contributed by atoms with Crippen LogP contribution in [0.4, 0.5) is 0 Å². The van der Waals surface area contributed by atoms with E-state index in [9.17, 15) is 9.90 Å². The molecule has 3 N–H and O–H groups in total. The molecule has 5 heteroatoms. The van der Waals surface area contributed by atoms with Gasteiger partial charge in [0.05, 0.1) is 6.33 Å². The van der Waals surface area contributed by atoms with Crippen molar-refractivity contribution in [1.82, 2.24) is 15.3 Å². The van der Waals surface area contributed by atoms with Crippen molar-refractivity contribution in [1.29, 1.82) is 0 Å². The maximum atomic E-state index is 11.2. The van der Waals surface area contributed by atoms with Crippen LogP contribution in [0, 0.1) is 0 Å². The first-order valence-corrected chi connectivity index (χ1v) is 6.23. The number of benzene rings is 1. The van der Waals surface area contributed by atoms with Crippen LogP contribution < -0.4 is 5.32 Å². The number of nitrogens with zero attached hydrogens (tertiary/aromatic N) is 1. The van der Waals surface area contributed by atoms with Gasteiger partial charge in [-0.3, -0.25) is 4.79 Å². The van der Waals surface area contributed by atoms with E-state index in [0.717, 1.165) is 12.1 Å². The standard InChI is InChI=1S/C14H17N3O2/c18-14(19)13(8-12-9-15-10-17-12)16-7-6-11-4-2-1-3-5-11/h1-5,9-10,13,16H,6-8H2,(H,15,17)(H,18,19). The van der Waals surface area contributed by atoms with Crippen LogP contribution in [-0.2, 0) is 17.6 Å². The Hall–Kier alpha value is -2.14. The summed E-state index contributed by atoms with van der Waals surface area (Å²) in [6.45, 7) is 0.634. The van der Waals surface area contributed by atoms with Crippen LogP contribution >= 0.6 is 0 Å². The lowest BCUT2D eigenvalue weighted by molar-refractivity contribution is -0.139. The molecule has 0 spiro atoms. The molecule has 19 heavy (non-hydrogen) atoms. The average molecular weight is 259 g/mol. The van der Waals surface area contributed by atoms with Gasteiger partial charge in [0.2, 0.25) is 0 Å². The average Bonchev–Trinajstić information content (AvgIpc) is 2.91. The first kappa shape index (κ1) is 13.3. The zero-order valence-corrected chi connectivity index (χ0v) is 10.5. The molecule has 0 saturated heterocycles. The predicted octanol–water partition coefficient (Wildman–Crippen LogP) is 1.24. The van der Waals surface area contributed by atoms with Crippen molar-refractivity contribution < 1.29 is 9.90 Å². The van der Waals surface area contributed by atoms with E-state index in [-0.39, 0.29) is 0 Å². The van der Waals surface area contributed by atoms with Gasteiger partial charge >= 0.3 is 5.97 Å². The Bertz CT molecular complexity index is 497.